The zero-order valence-corrected chi connectivity index (χ0v) is 39.6. The van der Waals surface area contributed by atoms with Gasteiger partial charge in [0.1, 0.15) is 17.0 Å². The zero-order chi connectivity index (χ0) is 42.9. The molecule has 0 saturated carbocycles. The van der Waals surface area contributed by atoms with Gasteiger partial charge >= 0.3 is 23.1 Å². The van der Waals surface area contributed by atoms with Gasteiger partial charge in [-0.3, -0.25) is 9.79 Å². The number of hydrogen-bond acceptors (Lipinski definition) is 7. The predicted octanol–water partition coefficient (Wildman–Crippen LogP) is 12.7. The quantitative estimate of drug-likeness (QED) is 0.0218. The number of nitrogens with zero attached hydrogens (tertiary/aromatic N) is 3. The van der Waals surface area contributed by atoms with Crippen molar-refractivity contribution in [2.75, 3.05) is 13.1 Å². The summed E-state index contributed by atoms with van der Waals surface area (Å²) < 4.78 is 0. The standard InChI is InChI=1S/2C26H40N2O2.Mg/c2*1-2-3-4-5-6-7-8-9-10-11-12-13-14-15-21-27-26(30)23-20-19-22-17-16-18-24(29)25(22)28-23;/h2*16-20,29H,2-15,21H2,1H3,(H,27,30);/q;;+2/p-2. The van der Waals surface area contributed by atoms with E-state index >= 15 is 0 Å². The number of amides is 1. The first-order valence-electron chi connectivity index (χ1n) is 24.1. The summed E-state index contributed by atoms with van der Waals surface area (Å²) in [5, 5.41) is 38.5. The Hall–Kier alpha value is -3.43. The number of benzene rings is 2. The van der Waals surface area contributed by atoms with Crippen LogP contribution in [0.5, 0.6) is 11.5 Å². The van der Waals surface area contributed by atoms with Gasteiger partial charge in [-0.1, -0.05) is 229 Å². The molecule has 0 spiro atoms. The molecule has 4 rings (SSSR count). The van der Waals surface area contributed by atoms with Gasteiger partial charge in [0.05, 0.1) is 11.2 Å². The minimum atomic E-state index is -0.324. The second-order valence-corrected chi connectivity index (χ2v) is 16.7. The van der Waals surface area contributed by atoms with E-state index in [0.29, 0.717) is 29.8 Å². The van der Waals surface area contributed by atoms with Crippen LogP contribution in [0.1, 0.15) is 210 Å². The van der Waals surface area contributed by atoms with Crippen LogP contribution >= 0.6 is 0 Å². The third-order valence-electron chi connectivity index (χ3n) is 11.4. The Bertz CT molecular complexity index is 1770. The number of unbranched alkanes of at least 4 members (excludes halogenated alkanes) is 26. The summed E-state index contributed by atoms with van der Waals surface area (Å²) in [5.41, 5.74) is 1.43. The van der Waals surface area contributed by atoms with Gasteiger partial charge < -0.3 is 20.6 Å². The molecule has 61 heavy (non-hydrogen) atoms. The number of phenolic OH excluding ortho intramolecular Hbond substituents is 1. The molecule has 1 amide bonds. The second kappa shape index (κ2) is 35.1. The summed E-state index contributed by atoms with van der Waals surface area (Å²) in [5.74, 6) is -0.548. The molecule has 0 aliphatic heterocycles. The molecular formula is C52H78MgN4O4. The zero-order valence-electron chi connectivity index (χ0n) is 38.2. The van der Waals surface area contributed by atoms with E-state index in [0.717, 1.165) is 36.5 Å². The van der Waals surface area contributed by atoms with Crippen LogP contribution in [0.3, 0.4) is 0 Å². The molecule has 2 aromatic heterocycles. The molecule has 2 aromatic carbocycles. The summed E-state index contributed by atoms with van der Waals surface area (Å²) in [7, 11) is 0. The van der Waals surface area contributed by atoms with Crippen LogP contribution in [-0.4, -0.2) is 63.0 Å². The molecule has 0 aliphatic carbocycles. The van der Waals surface area contributed by atoms with E-state index in [2.05, 4.69) is 34.1 Å². The Kier molecular flexibility index (Phi) is 30.9. The number of para-hydroxylation sites is 2. The second-order valence-electron chi connectivity index (χ2n) is 16.7. The number of aliphatic imine (C=N–C) groups is 1. The molecule has 0 radical (unpaired) electrons. The number of rotatable bonds is 32. The maximum atomic E-state index is 12.3. The van der Waals surface area contributed by atoms with Gasteiger partial charge in [0.2, 0.25) is 0 Å². The predicted molar refractivity (Wildman–Crippen MR) is 255 cm³/mol. The average molecular weight is 848 g/mol. The SMILES string of the molecule is CCCCCCCCCCCCCCCCN=C([O-])c1ccc2cccc([O-])c2n1.CCCCCCCCCCCCCCCCNC(=O)c1ccc2cccc(O)c2n1.[Mg+2]. The number of phenols is 1. The summed E-state index contributed by atoms with van der Waals surface area (Å²) in [4.78, 5) is 24.9. The number of fused-ring (bicyclic) bond motifs is 2. The van der Waals surface area contributed by atoms with Crippen molar-refractivity contribution >= 4 is 56.7 Å². The first kappa shape index (κ1) is 53.7. The third kappa shape index (κ3) is 23.6. The van der Waals surface area contributed by atoms with Crippen molar-refractivity contribution in [2.24, 2.45) is 4.99 Å². The molecule has 0 saturated heterocycles. The van der Waals surface area contributed by atoms with Crippen molar-refractivity contribution in [3.05, 3.63) is 72.1 Å². The van der Waals surface area contributed by atoms with Crippen molar-refractivity contribution in [1.82, 2.24) is 15.3 Å². The number of aromatic nitrogens is 2. The van der Waals surface area contributed by atoms with E-state index in [1.54, 1.807) is 36.4 Å². The Morgan fingerprint density at radius 2 is 0.951 bits per heavy atom. The maximum absolute atomic E-state index is 12.3. The number of aromatic hydroxyl groups is 1. The summed E-state index contributed by atoms with van der Waals surface area (Å²) in [6.07, 6.45) is 37.0. The van der Waals surface area contributed by atoms with Gasteiger partial charge in [-0.15, -0.1) is 0 Å². The number of pyridine rings is 2. The van der Waals surface area contributed by atoms with Crippen LogP contribution in [-0.2, 0) is 0 Å². The smallest absolute Gasteiger partial charge is 0.871 e. The van der Waals surface area contributed by atoms with Crippen molar-refractivity contribution in [2.45, 2.75) is 194 Å². The average Bonchev–Trinajstić information content (AvgIpc) is 3.26. The number of carbonyl (C=O) groups is 1. The van der Waals surface area contributed by atoms with Crippen LogP contribution in [0.25, 0.3) is 21.8 Å². The Morgan fingerprint density at radius 1 is 0.541 bits per heavy atom. The first-order valence-corrected chi connectivity index (χ1v) is 24.1. The Balaban J connectivity index is 0.000000413. The molecular weight excluding hydrogens is 769 g/mol. The van der Waals surface area contributed by atoms with Crippen LogP contribution in [0.4, 0.5) is 0 Å². The number of nitrogens with one attached hydrogen (secondary N) is 1. The van der Waals surface area contributed by atoms with Crippen LogP contribution in [0, 0.1) is 0 Å². The fraction of sp³-hybridized carbons (Fsp3) is 0.615. The molecule has 332 valence electrons. The van der Waals surface area contributed by atoms with Gasteiger partial charge in [-0.25, -0.2) is 9.97 Å². The van der Waals surface area contributed by atoms with Gasteiger partial charge in [-0.05, 0) is 36.4 Å². The summed E-state index contributed by atoms with van der Waals surface area (Å²) >= 11 is 0. The molecule has 0 fully saturated rings. The van der Waals surface area contributed by atoms with E-state index in [4.69, 9.17) is 0 Å². The summed E-state index contributed by atoms with van der Waals surface area (Å²) in [6, 6.07) is 17.2. The normalized spacial score (nSPS) is 11.3. The number of hydrogen-bond donors (Lipinski definition) is 2. The molecule has 2 heterocycles. The minimum absolute atomic E-state index is 0. The topological polar surface area (TPSA) is 134 Å². The molecule has 2 N–H and O–H groups in total. The van der Waals surface area contributed by atoms with Gasteiger partial charge in [0.25, 0.3) is 5.91 Å². The fourth-order valence-electron chi connectivity index (χ4n) is 7.68. The van der Waals surface area contributed by atoms with Gasteiger partial charge in [-0.2, -0.15) is 0 Å². The van der Waals surface area contributed by atoms with E-state index in [1.807, 2.05) is 18.2 Å². The van der Waals surface area contributed by atoms with Crippen molar-refractivity contribution in [3.63, 3.8) is 0 Å². The van der Waals surface area contributed by atoms with Crippen LogP contribution < -0.4 is 15.5 Å². The molecule has 4 aromatic rings. The Morgan fingerprint density at radius 3 is 1.46 bits per heavy atom. The molecule has 0 atom stereocenters. The maximum Gasteiger partial charge on any atom is 2.00 e. The minimum Gasteiger partial charge on any atom is -0.871 e. The molecule has 0 unspecified atom stereocenters. The Labute approximate surface area is 385 Å². The molecule has 8 nitrogen and oxygen atoms in total. The monoisotopic (exact) mass is 847 g/mol. The molecule has 0 aliphatic rings. The third-order valence-corrected chi connectivity index (χ3v) is 11.4. The van der Waals surface area contributed by atoms with Gasteiger partial charge in [0, 0.05) is 24.4 Å². The molecule has 0 bridgehead atoms. The van der Waals surface area contributed by atoms with Crippen molar-refractivity contribution in [3.8, 4) is 11.5 Å². The summed E-state index contributed by atoms with van der Waals surface area (Å²) in [6.45, 7) is 5.75. The fourth-order valence-corrected chi connectivity index (χ4v) is 7.68. The first-order chi connectivity index (χ1) is 29.4. The van der Waals surface area contributed by atoms with E-state index in [1.165, 1.54) is 160 Å². The van der Waals surface area contributed by atoms with E-state index in [9.17, 15) is 20.1 Å². The van der Waals surface area contributed by atoms with Crippen LogP contribution in [0.2, 0.25) is 0 Å². The van der Waals surface area contributed by atoms with Crippen molar-refractivity contribution in [1.29, 1.82) is 0 Å². The number of carbonyl (C=O) groups excluding carboxylic acids is 1. The van der Waals surface area contributed by atoms with Crippen molar-refractivity contribution < 1.29 is 20.1 Å². The van der Waals surface area contributed by atoms with Crippen LogP contribution in [0.15, 0.2) is 65.7 Å². The van der Waals surface area contributed by atoms with Gasteiger partial charge in [0.15, 0.2) is 0 Å². The van der Waals surface area contributed by atoms with E-state index < -0.39 is 0 Å². The largest absolute Gasteiger partial charge is 2.00 e. The van der Waals surface area contributed by atoms with E-state index in [-0.39, 0.29) is 52.1 Å². The molecule has 9 heteroatoms.